The van der Waals surface area contributed by atoms with Crippen molar-refractivity contribution in [3.63, 3.8) is 0 Å². The number of fused-ring (bicyclic) bond motifs is 1. The van der Waals surface area contributed by atoms with Crippen LogP contribution in [0.4, 0.5) is 5.82 Å². The number of carboxylic acids is 1. The van der Waals surface area contributed by atoms with Gasteiger partial charge in [0.15, 0.2) is 11.5 Å². The number of anilines is 1. The van der Waals surface area contributed by atoms with Gasteiger partial charge in [0.2, 0.25) is 0 Å². The maximum Gasteiger partial charge on any atom is 0.355 e. The normalized spacial score (nSPS) is 30.8. The average Bonchev–Trinajstić information content (AvgIpc) is 2.97. The molecule has 7 rings (SSSR count). The largest absolute Gasteiger partial charge is 0.476 e. The molecule has 6 N–H and O–H groups in total. The summed E-state index contributed by atoms with van der Waals surface area (Å²) in [5, 5.41) is 14.1. The van der Waals surface area contributed by atoms with E-state index in [0.29, 0.717) is 48.7 Å². The molecule has 9 nitrogen and oxygen atoms in total. The van der Waals surface area contributed by atoms with Gasteiger partial charge in [-0.15, -0.1) is 0 Å². The quantitative estimate of drug-likeness (QED) is 0.217. The molecule has 9 heteroatoms. The first kappa shape index (κ1) is 31.4. The van der Waals surface area contributed by atoms with Crippen LogP contribution >= 0.6 is 0 Å². The van der Waals surface area contributed by atoms with Crippen LogP contribution in [-0.4, -0.2) is 59.3 Å². The fourth-order valence-electron chi connectivity index (χ4n) is 10.5. The van der Waals surface area contributed by atoms with Crippen molar-refractivity contribution in [1.82, 2.24) is 10.3 Å². The van der Waals surface area contributed by atoms with E-state index in [-0.39, 0.29) is 33.3 Å². The number of nitrogens with one attached hydrogen (secondary N) is 1. The first-order valence-electron chi connectivity index (χ1n) is 16.3. The number of hydrogen-bond acceptors (Lipinski definition) is 8. The van der Waals surface area contributed by atoms with Crippen molar-refractivity contribution in [2.45, 2.75) is 84.7 Å². The number of nitrogens with zero attached hydrogens (tertiary/aromatic N) is 3. The zero-order valence-electron chi connectivity index (χ0n) is 27.2. The van der Waals surface area contributed by atoms with Crippen molar-refractivity contribution >= 4 is 28.9 Å². The average molecular weight is 613 g/mol. The van der Waals surface area contributed by atoms with E-state index in [9.17, 15) is 14.7 Å². The Balaban J connectivity index is 1.26. The molecule has 45 heavy (non-hydrogen) atoms. The second-order valence-corrected chi connectivity index (χ2v) is 15.2. The van der Waals surface area contributed by atoms with Crippen LogP contribution in [0.5, 0.6) is 0 Å². The number of allylic oxidation sites excluding steroid dienone is 1. The van der Waals surface area contributed by atoms with Crippen molar-refractivity contribution < 1.29 is 14.7 Å². The number of carbonyl (C=O) groups excluding carboxylic acids is 1. The number of benzene rings is 1. The number of aromatic carboxylic acids is 1. The molecule has 1 aromatic heterocycles. The van der Waals surface area contributed by atoms with Gasteiger partial charge in [-0.05, 0) is 98.3 Å². The van der Waals surface area contributed by atoms with E-state index in [4.69, 9.17) is 16.5 Å². The molecule has 4 saturated carbocycles. The summed E-state index contributed by atoms with van der Waals surface area (Å²) in [6.07, 6.45) is 9.24. The van der Waals surface area contributed by atoms with E-state index in [1.807, 2.05) is 30.0 Å². The van der Waals surface area contributed by atoms with E-state index >= 15 is 0 Å². The van der Waals surface area contributed by atoms with E-state index in [2.05, 4.69) is 30.2 Å². The Hall–Kier alpha value is -3.56. The lowest BCUT2D eigenvalue weighted by atomic mass is 9.38. The lowest BCUT2D eigenvalue weighted by Crippen LogP contribution is -2.68. The number of aliphatic imine (C=N–C) groups is 1. The molecule has 4 fully saturated rings. The number of hydrogen-bond donors (Lipinski definition) is 4. The summed E-state index contributed by atoms with van der Waals surface area (Å²) in [6.45, 7) is 11.7. The number of nitrogens with two attached hydrogens (primary N) is 2. The molecule has 4 aliphatic carbocycles. The molecule has 5 aliphatic rings. The summed E-state index contributed by atoms with van der Waals surface area (Å²) >= 11 is 0. The van der Waals surface area contributed by atoms with Crippen LogP contribution < -0.4 is 21.7 Å². The van der Waals surface area contributed by atoms with Crippen molar-refractivity contribution in [3.05, 3.63) is 64.5 Å². The summed E-state index contributed by atoms with van der Waals surface area (Å²) in [4.78, 5) is 36.7. The summed E-state index contributed by atoms with van der Waals surface area (Å²) in [7, 11) is 0. The second-order valence-electron chi connectivity index (χ2n) is 15.2. The van der Waals surface area contributed by atoms with Crippen LogP contribution in [0.15, 0.2) is 41.5 Å². The van der Waals surface area contributed by atoms with Gasteiger partial charge in [0, 0.05) is 66.9 Å². The number of carboxylic acid groups (broad SMARTS) is 1. The van der Waals surface area contributed by atoms with E-state index in [1.165, 1.54) is 25.5 Å². The third kappa shape index (κ3) is 5.81. The maximum atomic E-state index is 12.6. The Morgan fingerprint density at radius 1 is 1.04 bits per heavy atom. The first-order valence-corrected chi connectivity index (χ1v) is 16.3. The number of ketones is 1. The predicted octanol–water partition coefficient (Wildman–Crippen LogP) is 4.97. The highest BCUT2D eigenvalue weighted by atomic mass is 16.4. The van der Waals surface area contributed by atoms with Crippen molar-refractivity contribution in [3.8, 4) is 0 Å². The Labute approximate surface area is 266 Å². The topological polar surface area (TPSA) is 147 Å². The monoisotopic (exact) mass is 612 g/mol. The van der Waals surface area contributed by atoms with Crippen LogP contribution in [-0.2, 0) is 13.0 Å². The summed E-state index contributed by atoms with van der Waals surface area (Å²) in [5.41, 5.74) is 17.4. The number of pyridine rings is 1. The van der Waals surface area contributed by atoms with Gasteiger partial charge in [-0.25, -0.2) is 9.78 Å². The standard InChI is InChI=1S/C36H48N6O3/c1-23(39-22-35-17-33(3)16-34(4,18-35)20-36(19-33,21-35)40-12-11-37)28(14-38)27-8-9-30(41-31(27)32(44)45)42-13-10-25-6-5-7-26(24(2)43)29(25)15-42/h5-9,14,40H,10-13,15-22,37-38H2,1-4H3,(H,44,45). The molecule has 1 aliphatic heterocycles. The molecule has 4 bridgehead atoms. The molecule has 0 amide bonds. The molecule has 2 heterocycles. The lowest BCUT2D eigenvalue weighted by Gasteiger charge is -2.69. The third-order valence-electron chi connectivity index (χ3n) is 10.9. The second kappa shape index (κ2) is 11.4. The van der Waals surface area contributed by atoms with Crippen LogP contribution in [0, 0.1) is 16.2 Å². The van der Waals surface area contributed by atoms with Crippen LogP contribution in [0.25, 0.3) is 5.57 Å². The predicted molar refractivity (Wildman–Crippen MR) is 179 cm³/mol. The highest BCUT2D eigenvalue weighted by molar-refractivity contribution is 6.24. The number of rotatable bonds is 10. The van der Waals surface area contributed by atoms with Gasteiger partial charge in [0.05, 0.1) is 0 Å². The molecular formula is C36H48N6O3. The number of Topliss-reactive ketones (excluding diaryl/α,β-unsaturated/α-hetero) is 1. The van der Waals surface area contributed by atoms with Gasteiger partial charge in [0.1, 0.15) is 5.82 Å². The molecule has 1 aromatic carbocycles. The highest BCUT2D eigenvalue weighted by Crippen LogP contribution is 2.70. The van der Waals surface area contributed by atoms with Gasteiger partial charge < -0.3 is 26.8 Å². The molecule has 0 radical (unpaired) electrons. The van der Waals surface area contributed by atoms with E-state index in [1.54, 1.807) is 13.0 Å². The molecule has 2 unspecified atom stereocenters. The molecule has 0 spiro atoms. The Bertz CT molecular complexity index is 1580. The van der Waals surface area contributed by atoms with Crippen molar-refractivity contribution in [1.29, 1.82) is 0 Å². The zero-order chi connectivity index (χ0) is 32.2. The molecule has 240 valence electrons. The fourth-order valence-corrected chi connectivity index (χ4v) is 10.5. The van der Waals surface area contributed by atoms with Gasteiger partial charge >= 0.3 is 5.97 Å². The van der Waals surface area contributed by atoms with Crippen molar-refractivity contribution in [2.24, 2.45) is 32.7 Å². The van der Waals surface area contributed by atoms with Crippen LogP contribution in [0.3, 0.4) is 0 Å². The molecule has 2 aromatic rings. The van der Waals surface area contributed by atoms with Gasteiger partial charge in [-0.1, -0.05) is 32.0 Å². The Morgan fingerprint density at radius 2 is 1.78 bits per heavy atom. The number of carbonyl (C=O) groups is 2. The SMILES string of the molecule is CC(=O)c1cccc2c1CN(c1ccc(C(=CN)C(C)=NCC34CC5(C)CC(C)(C3)CC(NCCN)(C5)C4)c(C(=O)O)n1)CC2. The van der Waals surface area contributed by atoms with E-state index in [0.717, 1.165) is 49.1 Å². The van der Waals surface area contributed by atoms with Crippen molar-refractivity contribution in [2.75, 3.05) is 31.1 Å². The number of aromatic nitrogens is 1. The van der Waals surface area contributed by atoms with Crippen LogP contribution in [0.1, 0.15) is 104 Å². The lowest BCUT2D eigenvalue weighted by molar-refractivity contribution is -0.161. The molecule has 0 saturated heterocycles. The maximum absolute atomic E-state index is 12.6. The van der Waals surface area contributed by atoms with Gasteiger partial charge in [-0.2, -0.15) is 0 Å². The zero-order valence-corrected chi connectivity index (χ0v) is 27.2. The molecule has 2 atom stereocenters. The Morgan fingerprint density at radius 3 is 2.42 bits per heavy atom. The van der Waals surface area contributed by atoms with Crippen LogP contribution in [0.2, 0.25) is 0 Å². The minimum Gasteiger partial charge on any atom is -0.476 e. The Kier molecular flexibility index (Phi) is 7.93. The highest BCUT2D eigenvalue weighted by Gasteiger charge is 2.65. The smallest absolute Gasteiger partial charge is 0.355 e. The summed E-state index contributed by atoms with van der Waals surface area (Å²) < 4.78 is 0. The molecular weight excluding hydrogens is 564 g/mol. The fraction of sp³-hybridized carbons (Fsp3) is 0.556. The summed E-state index contributed by atoms with van der Waals surface area (Å²) in [6, 6.07) is 9.48. The third-order valence-corrected chi connectivity index (χ3v) is 10.9. The first-order chi connectivity index (χ1) is 21.3. The minimum absolute atomic E-state index is 0.0227. The summed E-state index contributed by atoms with van der Waals surface area (Å²) in [5.74, 6) is -0.526. The van der Waals surface area contributed by atoms with E-state index < -0.39 is 5.97 Å². The van der Waals surface area contributed by atoms with Gasteiger partial charge in [0.25, 0.3) is 0 Å². The van der Waals surface area contributed by atoms with Gasteiger partial charge in [-0.3, -0.25) is 9.79 Å². The minimum atomic E-state index is -1.12.